The van der Waals surface area contributed by atoms with Gasteiger partial charge in [0.15, 0.2) is 0 Å². The Hall–Kier alpha value is -1.51. The van der Waals surface area contributed by atoms with Gasteiger partial charge >= 0.3 is 7.48 Å². The molecule has 2 aromatic rings. The van der Waals surface area contributed by atoms with Gasteiger partial charge in [0.1, 0.15) is 7.85 Å². The molecule has 3 rings (SSSR count). The monoisotopic (exact) mass is 471 g/mol. The molecule has 3 radical (unpaired) electrons. The zero-order chi connectivity index (χ0) is 25.7. The standard InChI is InChI=1S/C31H45B2O2/c1-7-9-11-13-19-31(20-14-12-10-8-2)27-21-23(32)15-17-25(27)26-18-16-24(22-28(26)31)33-35-30(5,6)29(3,4)34/h15-18,21-22,34H,7-14,19-20H2,1-6H3. The van der Waals surface area contributed by atoms with E-state index in [9.17, 15) is 5.11 Å². The number of hydrogen-bond donors (Lipinski definition) is 1. The quantitative estimate of drug-likeness (QED) is 0.252. The van der Waals surface area contributed by atoms with Crippen molar-refractivity contribution >= 4 is 26.3 Å². The fraction of sp³-hybridized carbons (Fsp3) is 0.613. The molecule has 0 bridgehead atoms. The van der Waals surface area contributed by atoms with E-state index in [-0.39, 0.29) is 5.41 Å². The number of fused-ring (bicyclic) bond motifs is 3. The number of rotatable bonds is 14. The third-order valence-corrected chi connectivity index (χ3v) is 8.29. The van der Waals surface area contributed by atoms with Crippen molar-refractivity contribution in [2.75, 3.05) is 0 Å². The summed E-state index contributed by atoms with van der Waals surface area (Å²) in [6.07, 6.45) is 12.4. The summed E-state index contributed by atoms with van der Waals surface area (Å²) in [5, 5.41) is 10.5. The lowest BCUT2D eigenvalue weighted by molar-refractivity contribution is -0.0893. The van der Waals surface area contributed by atoms with Crippen LogP contribution in [0.1, 0.15) is 117 Å². The van der Waals surface area contributed by atoms with E-state index < -0.39 is 11.2 Å². The average Bonchev–Trinajstić information content (AvgIpc) is 3.06. The van der Waals surface area contributed by atoms with E-state index in [1.165, 1.54) is 73.6 Å². The van der Waals surface area contributed by atoms with Crippen molar-refractivity contribution in [3.63, 3.8) is 0 Å². The summed E-state index contributed by atoms with van der Waals surface area (Å²) in [5.74, 6) is 0. The first-order valence-electron chi connectivity index (χ1n) is 13.8. The van der Waals surface area contributed by atoms with Crippen LogP contribution in [-0.4, -0.2) is 31.6 Å². The first-order chi connectivity index (χ1) is 16.6. The van der Waals surface area contributed by atoms with Gasteiger partial charge in [-0.25, -0.2) is 0 Å². The minimum atomic E-state index is -0.948. The van der Waals surface area contributed by atoms with E-state index in [2.05, 4.69) is 44.2 Å². The average molecular weight is 471 g/mol. The van der Waals surface area contributed by atoms with Crippen LogP contribution in [-0.2, 0) is 10.1 Å². The SMILES string of the molecule is [B]c1ccc2c(c1)C(CCCCCC)(CCCCCC)c1cc([B]OC(C)(C)C(C)(C)O)ccc1-2. The van der Waals surface area contributed by atoms with Crippen LogP contribution in [0.4, 0.5) is 0 Å². The van der Waals surface area contributed by atoms with Gasteiger partial charge in [-0.05, 0) is 62.8 Å². The summed E-state index contributed by atoms with van der Waals surface area (Å²) in [7, 11) is 8.18. The van der Waals surface area contributed by atoms with Gasteiger partial charge < -0.3 is 9.76 Å². The summed E-state index contributed by atoms with van der Waals surface area (Å²) >= 11 is 0. The molecule has 0 saturated heterocycles. The van der Waals surface area contributed by atoms with Crippen LogP contribution >= 0.6 is 0 Å². The molecule has 0 aliphatic heterocycles. The first-order valence-corrected chi connectivity index (χ1v) is 13.8. The molecule has 0 amide bonds. The normalized spacial score (nSPS) is 14.6. The molecule has 2 aromatic carbocycles. The smallest absolute Gasteiger partial charge is 0.330 e. The van der Waals surface area contributed by atoms with Gasteiger partial charge in [0.2, 0.25) is 0 Å². The van der Waals surface area contributed by atoms with E-state index in [0.717, 1.165) is 23.8 Å². The van der Waals surface area contributed by atoms with E-state index >= 15 is 0 Å². The summed E-state index contributed by atoms with van der Waals surface area (Å²) in [6, 6.07) is 13.3. The third-order valence-electron chi connectivity index (χ3n) is 8.29. The van der Waals surface area contributed by atoms with Gasteiger partial charge in [-0.15, -0.1) is 0 Å². The van der Waals surface area contributed by atoms with Crippen LogP contribution in [0.15, 0.2) is 36.4 Å². The van der Waals surface area contributed by atoms with Crippen LogP contribution in [0.2, 0.25) is 0 Å². The Morgan fingerprint density at radius 3 is 1.89 bits per heavy atom. The largest absolute Gasteiger partial charge is 0.427 e. The van der Waals surface area contributed by atoms with Gasteiger partial charge in [-0.2, -0.15) is 0 Å². The summed E-state index contributed by atoms with van der Waals surface area (Å²) < 4.78 is 6.14. The summed E-state index contributed by atoms with van der Waals surface area (Å²) in [6.45, 7) is 12.0. The van der Waals surface area contributed by atoms with E-state index in [4.69, 9.17) is 12.5 Å². The van der Waals surface area contributed by atoms with Crippen molar-refractivity contribution in [2.45, 2.75) is 122 Å². The number of benzene rings is 2. The Morgan fingerprint density at radius 1 is 0.800 bits per heavy atom. The second kappa shape index (κ2) is 11.7. The lowest BCUT2D eigenvalue weighted by Crippen LogP contribution is -2.49. The van der Waals surface area contributed by atoms with Crippen molar-refractivity contribution in [2.24, 2.45) is 0 Å². The predicted octanol–water partition coefficient (Wildman–Crippen LogP) is 6.50. The highest BCUT2D eigenvalue weighted by molar-refractivity contribution is 6.47. The van der Waals surface area contributed by atoms with Crippen molar-refractivity contribution in [3.8, 4) is 11.1 Å². The lowest BCUT2D eigenvalue weighted by atomic mass is 9.68. The van der Waals surface area contributed by atoms with Crippen molar-refractivity contribution < 1.29 is 9.76 Å². The highest BCUT2D eigenvalue weighted by Gasteiger charge is 2.42. The van der Waals surface area contributed by atoms with Crippen molar-refractivity contribution in [1.82, 2.24) is 0 Å². The van der Waals surface area contributed by atoms with Gasteiger partial charge in [0.05, 0.1) is 11.2 Å². The molecule has 0 atom stereocenters. The van der Waals surface area contributed by atoms with Crippen molar-refractivity contribution in [1.29, 1.82) is 0 Å². The molecule has 0 unspecified atom stereocenters. The second-order valence-corrected chi connectivity index (χ2v) is 11.6. The molecule has 0 heterocycles. The molecule has 0 aromatic heterocycles. The molecular weight excluding hydrogens is 426 g/mol. The fourth-order valence-electron chi connectivity index (χ4n) is 5.33. The maximum atomic E-state index is 10.5. The fourth-order valence-corrected chi connectivity index (χ4v) is 5.33. The topological polar surface area (TPSA) is 29.5 Å². The minimum Gasteiger partial charge on any atom is -0.427 e. The molecular formula is C31H45B2O2. The van der Waals surface area contributed by atoms with Gasteiger partial charge in [-0.3, -0.25) is 0 Å². The van der Waals surface area contributed by atoms with Crippen LogP contribution in [0.3, 0.4) is 0 Å². The highest BCUT2D eigenvalue weighted by atomic mass is 16.5. The highest BCUT2D eigenvalue weighted by Crippen LogP contribution is 2.53. The van der Waals surface area contributed by atoms with Crippen LogP contribution in [0.5, 0.6) is 0 Å². The maximum Gasteiger partial charge on any atom is 0.330 e. The third kappa shape index (κ3) is 6.25. The van der Waals surface area contributed by atoms with E-state index in [1.807, 2.05) is 27.4 Å². The van der Waals surface area contributed by atoms with Crippen LogP contribution in [0.25, 0.3) is 11.1 Å². The molecule has 1 aliphatic rings. The van der Waals surface area contributed by atoms with E-state index in [1.54, 1.807) is 13.8 Å². The molecule has 4 heteroatoms. The first kappa shape index (κ1) is 28.1. The molecule has 1 N–H and O–H groups in total. The van der Waals surface area contributed by atoms with E-state index in [0.29, 0.717) is 0 Å². The predicted molar refractivity (Wildman–Crippen MR) is 152 cm³/mol. The Balaban J connectivity index is 2.01. The molecule has 0 spiro atoms. The molecule has 0 fully saturated rings. The zero-order valence-electron chi connectivity index (χ0n) is 23.0. The Labute approximate surface area is 216 Å². The van der Waals surface area contributed by atoms with Gasteiger partial charge in [0, 0.05) is 5.41 Å². The molecule has 35 heavy (non-hydrogen) atoms. The number of unbranched alkanes of at least 4 members (excludes halogenated alkanes) is 6. The maximum absolute atomic E-state index is 10.5. The lowest BCUT2D eigenvalue weighted by Gasteiger charge is -2.37. The minimum absolute atomic E-state index is 0.00283. The zero-order valence-corrected chi connectivity index (χ0v) is 23.0. The summed E-state index contributed by atoms with van der Waals surface area (Å²) in [4.78, 5) is 0. The Kier molecular flexibility index (Phi) is 9.38. The van der Waals surface area contributed by atoms with Crippen LogP contribution < -0.4 is 10.9 Å². The Bertz CT molecular complexity index is 962. The molecule has 1 aliphatic carbocycles. The number of hydrogen-bond acceptors (Lipinski definition) is 2. The van der Waals surface area contributed by atoms with Gasteiger partial charge in [-0.1, -0.05) is 113 Å². The molecule has 0 saturated carbocycles. The molecule has 2 nitrogen and oxygen atoms in total. The molecule has 187 valence electrons. The second-order valence-electron chi connectivity index (χ2n) is 11.6. The summed E-state index contributed by atoms with van der Waals surface area (Å²) in [5.41, 5.74) is 5.77. The van der Waals surface area contributed by atoms with Crippen LogP contribution in [0, 0.1) is 0 Å². The Morgan fingerprint density at radius 2 is 1.34 bits per heavy atom. The van der Waals surface area contributed by atoms with Crippen molar-refractivity contribution in [3.05, 3.63) is 47.5 Å². The van der Waals surface area contributed by atoms with Gasteiger partial charge in [0.25, 0.3) is 0 Å². The number of aliphatic hydroxyl groups is 1.